The zero-order chi connectivity index (χ0) is 22.7. The molecule has 2 atom stereocenters. The average Bonchev–Trinajstić information content (AvgIpc) is 2.70. The molecule has 0 amide bonds. The van der Waals surface area contributed by atoms with E-state index >= 15 is 0 Å². The van der Waals surface area contributed by atoms with E-state index in [1.807, 2.05) is 0 Å². The third-order valence-corrected chi connectivity index (χ3v) is 5.05. The van der Waals surface area contributed by atoms with Crippen LogP contribution < -0.4 is 5.73 Å². The van der Waals surface area contributed by atoms with E-state index in [-0.39, 0.29) is 26.1 Å². The Bertz CT molecular complexity index is 503. The number of rotatable bonds is 20. The van der Waals surface area contributed by atoms with Crippen LogP contribution in [0.15, 0.2) is 0 Å². The highest BCUT2D eigenvalue weighted by atomic mass is 31.2. The minimum Gasteiger partial charge on any atom is -0.462 e. The molecule has 0 bridgehead atoms. The summed E-state index contributed by atoms with van der Waals surface area (Å²) in [5.74, 6) is -0.967. The third kappa shape index (κ3) is 17.8. The van der Waals surface area contributed by atoms with Gasteiger partial charge in [-0.25, -0.2) is 4.57 Å². The molecular weight excluding hydrogens is 413 g/mol. The summed E-state index contributed by atoms with van der Waals surface area (Å²) in [6, 6.07) is 0. The quantitative estimate of drug-likeness (QED) is 0.125. The summed E-state index contributed by atoms with van der Waals surface area (Å²) in [6.45, 7) is 6.93. The SMILES string of the molecule is [CH2-]CCCCCCCCCC(=O)O[C@@H](COC(=O)CC[CH2-])COP(=O)(O)OCC[NH3+]. The van der Waals surface area contributed by atoms with Gasteiger partial charge < -0.3 is 33.9 Å². The lowest BCUT2D eigenvalue weighted by Gasteiger charge is -2.19. The van der Waals surface area contributed by atoms with Crippen LogP contribution in [0.2, 0.25) is 0 Å². The van der Waals surface area contributed by atoms with E-state index in [1.165, 1.54) is 12.8 Å². The van der Waals surface area contributed by atoms with E-state index < -0.39 is 32.5 Å². The van der Waals surface area contributed by atoms with E-state index in [2.05, 4.69) is 19.6 Å². The monoisotopic (exact) mass is 452 g/mol. The zero-order valence-electron chi connectivity index (χ0n) is 18.1. The first-order valence-corrected chi connectivity index (χ1v) is 12.2. The van der Waals surface area contributed by atoms with Crippen LogP contribution in [-0.4, -0.2) is 49.3 Å². The van der Waals surface area contributed by atoms with Gasteiger partial charge in [-0.15, -0.1) is 0 Å². The molecule has 0 aliphatic heterocycles. The van der Waals surface area contributed by atoms with Crippen LogP contribution >= 0.6 is 7.82 Å². The lowest BCUT2D eigenvalue weighted by Crippen LogP contribution is -2.52. The van der Waals surface area contributed by atoms with Crippen LogP contribution in [0.4, 0.5) is 0 Å². The van der Waals surface area contributed by atoms with Gasteiger partial charge in [0.15, 0.2) is 6.10 Å². The number of unbranched alkanes of at least 4 members (excludes halogenated alkanes) is 7. The first-order valence-electron chi connectivity index (χ1n) is 10.7. The van der Waals surface area contributed by atoms with Gasteiger partial charge in [0.05, 0.1) is 13.2 Å². The molecule has 0 rings (SSSR count). The highest BCUT2D eigenvalue weighted by molar-refractivity contribution is 7.47. The predicted octanol–water partition coefficient (Wildman–Crippen LogP) is 2.78. The number of phosphoric acid groups is 1. The van der Waals surface area contributed by atoms with Crippen molar-refractivity contribution in [2.24, 2.45) is 0 Å². The number of ether oxygens (including phenoxy) is 2. The number of carbonyl (C=O) groups excluding carboxylic acids is 2. The van der Waals surface area contributed by atoms with Crippen molar-refractivity contribution < 1.29 is 43.3 Å². The average molecular weight is 453 g/mol. The summed E-state index contributed by atoms with van der Waals surface area (Å²) < 4.78 is 31.6. The maximum absolute atomic E-state index is 12.1. The van der Waals surface area contributed by atoms with Crippen LogP contribution in [0.25, 0.3) is 0 Å². The lowest BCUT2D eigenvalue weighted by atomic mass is 10.1. The predicted molar refractivity (Wildman–Crippen MR) is 112 cm³/mol. The van der Waals surface area contributed by atoms with E-state index in [9.17, 15) is 19.0 Å². The minimum atomic E-state index is -4.29. The lowest BCUT2D eigenvalue weighted by molar-refractivity contribution is -0.371. The summed E-state index contributed by atoms with van der Waals surface area (Å²) in [5, 5.41) is 0. The first-order chi connectivity index (χ1) is 14.3. The Morgan fingerprint density at radius 3 is 2.10 bits per heavy atom. The van der Waals surface area contributed by atoms with E-state index in [0.717, 1.165) is 32.1 Å². The van der Waals surface area contributed by atoms with Gasteiger partial charge in [0.1, 0.15) is 13.2 Å². The fraction of sp³-hybridized carbons (Fsp3) is 0.800. The normalized spacial score (nSPS) is 14.1. The van der Waals surface area contributed by atoms with Gasteiger partial charge in [0.2, 0.25) is 0 Å². The Hall–Kier alpha value is -0.990. The summed E-state index contributed by atoms with van der Waals surface area (Å²) >= 11 is 0. The smallest absolute Gasteiger partial charge is 0.462 e. The second-order valence-corrected chi connectivity index (χ2v) is 8.38. The highest BCUT2D eigenvalue weighted by Gasteiger charge is 2.26. The number of phosphoric ester groups is 1. The molecule has 0 aromatic rings. The van der Waals surface area contributed by atoms with Crippen LogP contribution in [0.1, 0.15) is 70.6 Å². The van der Waals surface area contributed by atoms with Crippen LogP contribution in [-0.2, 0) is 32.7 Å². The Morgan fingerprint density at radius 2 is 1.50 bits per heavy atom. The summed E-state index contributed by atoms with van der Waals surface area (Å²) in [7, 11) is -4.29. The second kappa shape index (κ2) is 18.8. The first kappa shape index (κ1) is 29.0. The number of hydrogen-bond acceptors (Lipinski definition) is 7. The van der Waals surface area contributed by atoms with Gasteiger partial charge in [-0.3, -0.25) is 18.6 Å². The number of carbonyl (C=O) groups is 2. The van der Waals surface area contributed by atoms with Gasteiger partial charge in [-0.05, 0) is 6.42 Å². The fourth-order valence-corrected chi connectivity index (χ4v) is 3.28. The molecule has 4 N–H and O–H groups in total. The largest absolute Gasteiger partial charge is 0.472 e. The molecule has 10 heteroatoms. The van der Waals surface area contributed by atoms with E-state index in [0.29, 0.717) is 19.4 Å². The third-order valence-electron chi connectivity index (χ3n) is 4.06. The number of hydrogen-bond donors (Lipinski definition) is 2. The van der Waals surface area contributed by atoms with Crippen molar-refractivity contribution in [2.45, 2.75) is 76.7 Å². The molecule has 9 nitrogen and oxygen atoms in total. The maximum Gasteiger partial charge on any atom is 0.472 e. The molecule has 30 heavy (non-hydrogen) atoms. The second-order valence-electron chi connectivity index (χ2n) is 6.93. The molecule has 178 valence electrons. The van der Waals surface area contributed by atoms with Gasteiger partial charge in [-0.2, -0.15) is 12.8 Å². The van der Waals surface area contributed by atoms with Gasteiger partial charge in [0.25, 0.3) is 0 Å². The van der Waals surface area contributed by atoms with Crippen molar-refractivity contribution in [3.8, 4) is 0 Å². The summed E-state index contributed by atoms with van der Waals surface area (Å²) in [4.78, 5) is 33.2. The summed E-state index contributed by atoms with van der Waals surface area (Å²) in [5.41, 5.74) is 3.50. The molecule has 0 heterocycles. The van der Waals surface area contributed by atoms with Crippen molar-refractivity contribution in [1.82, 2.24) is 0 Å². The molecule has 0 radical (unpaired) electrons. The fourth-order valence-electron chi connectivity index (χ4n) is 2.49. The van der Waals surface area contributed by atoms with Crippen molar-refractivity contribution in [3.05, 3.63) is 13.8 Å². The topological polar surface area (TPSA) is 136 Å². The van der Waals surface area contributed by atoms with Crippen molar-refractivity contribution in [1.29, 1.82) is 0 Å². The van der Waals surface area contributed by atoms with E-state index in [4.69, 9.17) is 18.5 Å². The minimum absolute atomic E-state index is 0.0496. The molecule has 0 saturated carbocycles. The molecule has 0 aliphatic carbocycles. The highest BCUT2D eigenvalue weighted by Crippen LogP contribution is 2.42. The van der Waals surface area contributed by atoms with Gasteiger partial charge >= 0.3 is 19.8 Å². The Kier molecular flexibility index (Phi) is 18.1. The number of esters is 2. The molecule has 0 aliphatic rings. The van der Waals surface area contributed by atoms with Crippen molar-refractivity contribution in [3.63, 3.8) is 0 Å². The summed E-state index contributed by atoms with van der Waals surface area (Å²) in [6.07, 6.45) is 7.99. The molecule has 1 unspecified atom stereocenters. The van der Waals surface area contributed by atoms with Gasteiger partial charge in [0, 0.05) is 12.8 Å². The Labute approximate surface area is 180 Å². The maximum atomic E-state index is 12.1. The zero-order valence-corrected chi connectivity index (χ0v) is 19.0. The molecule has 0 fully saturated rings. The standard InChI is InChI=1S/C20H38NO8P/c1-3-5-6-7-8-9-10-11-13-20(23)29-18(16-26-19(22)12-4-2)17-28-30(24,25)27-15-14-21/h18H,1-17,21H2,(H,24,25)/q-2/p+1/t18-/m0/s1. The van der Waals surface area contributed by atoms with Gasteiger partial charge in [-0.1, -0.05) is 38.5 Å². The van der Waals surface area contributed by atoms with Crippen molar-refractivity contribution in [2.75, 3.05) is 26.4 Å². The van der Waals surface area contributed by atoms with Crippen LogP contribution in [0.3, 0.4) is 0 Å². The van der Waals surface area contributed by atoms with E-state index in [1.54, 1.807) is 0 Å². The Morgan fingerprint density at radius 1 is 0.867 bits per heavy atom. The molecule has 0 saturated heterocycles. The molecular formula is C20H39NO8P-. The van der Waals surface area contributed by atoms with Crippen LogP contribution in [0.5, 0.6) is 0 Å². The molecule has 0 aromatic heterocycles. The van der Waals surface area contributed by atoms with Crippen molar-refractivity contribution >= 4 is 19.8 Å². The molecule has 0 spiro atoms. The van der Waals surface area contributed by atoms with Crippen LogP contribution in [0, 0.1) is 13.8 Å². The number of quaternary nitrogens is 1. The molecule has 0 aromatic carbocycles. The Balaban J connectivity index is 4.34.